The smallest absolute Gasteiger partial charge is 0.408 e. The Labute approximate surface area is 192 Å². The first-order valence-electron chi connectivity index (χ1n) is 9.50. The van der Waals surface area contributed by atoms with Crippen LogP contribution in [0.5, 0.6) is 11.5 Å². The van der Waals surface area contributed by atoms with Gasteiger partial charge in [0.1, 0.15) is 12.6 Å². The molecule has 0 unspecified atom stereocenters. The number of aromatic hydroxyl groups is 2. The van der Waals surface area contributed by atoms with E-state index in [9.17, 15) is 37.8 Å². The number of hydrogen-bond acceptors (Lipinski definition) is 9. The summed E-state index contributed by atoms with van der Waals surface area (Å²) in [5, 5.41) is 20.9. The van der Waals surface area contributed by atoms with Crippen molar-refractivity contribution in [3.05, 3.63) is 59.7 Å². The van der Waals surface area contributed by atoms with Gasteiger partial charge < -0.3 is 20.3 Å². The second-order valence-electron chi connectivity index (χ2n) is 6.88. The summed E-state index contributed by atoms with van der Waals surface area (Å²) in [6.45, 7) is -0.336. The van der Waals surface area contributed by atoms with Crippen LogP contribution in [0.4, 0.5) is 9.59 Å². The normalized spacial score (nSPS) is 15.1. The van der Waals surface area contributed by atoms with E-state index in [-0.39, 0.29) is 18.7 Å². The second-order valence-corrected chi connectivity index (χ2v) is 8.29. The van der Waals surface area contributed by atoms with Crippen LogP contribution in [0.3, 0.4) is 0 Å². The number of ether oxygens (including phenoxy) is 1. The second kappa shape index (κ2) is 10.1. The lowest BCUT2D eigenvalue weighted by molar-refractivity contribution is -0.139. The van der Waals surface area contributed by atoms with Crippen molar-refractivity contribution < 1.29 is 42.5 Å². The molecule has 1 fully saturated rings. The van der Waals surface area contributed by atoms with Crippen LogP contribution < -0.4 is 20.3 Å². The van der Waals surface area contributed by atoms with Gasteiger partial charge in [-0.15, -0.1) is 4.83 Å². The van der Waals surface area contributed by atoms with E-state index >= 15 is 0 Å². The highest BCUT2D eigenvalue weighted by atomic mass is 32.2. The molecule has 0 bridgehead atoms. The van der Waals surface area contributed by atoms with Crippen molar-refractivity contribution in [3.63, 3.8) is 0 Å². The van der Waals surface area contributed by atoms with E-state index in [1.165, 1.54) is 4.72 Å². The Balaban J connectivity index is 1.43. The molecule has 1 atom stereocenters. The summed E-state index contributed by atoms with van der Waals surface area (Å²) < 4.78 is 30.4. The highest BCUT2D eigenvalue weighted by molar-refractivity contribution is 7.88. The molecular formula is C19H19N5O9S. The topological polar surface area (TPSA) is 203 Å². The third-order valence-corrected chi connectivity index (χ3v) is 5.25. The minimum Gasteiger partial charge on any atom is -0.504 e. The van der Waals surface area contributed by atoms with E-state index in [2.05, 4.69) is 5.32 Å². The Kier molecular flexibility index (Phi) is 7.18. The fourth-order valence-electron chi connectivity index (χ4n) is 2.67. The number of carbonyl (C=O) groups excluding carboxylic acids is 4. The molecule has 6 N–H and O–H groups in total. The summed E-state index contributed by atoms with van der Waals surface area (Å²) in [6, 6.07) is 9.39. The first-order chi connectivity index (χ1) is 16.1. The molecule has 15 heteroatoms. The Bertz CT molecular complexity index is 1220. The van der Waals surface area contributed by atoms with Gasteiger partial charge in [-0.25, -0.2) is 14.3 Å². The molecule has 2 aromatic carbocycles. The lowest BCUT2D eigenvalue weighted by Crippen LogP contribution is -2.68. The Morgan fingerprint density at radius 1 is 1.06 bits per heavy atom. The molecule has 14 nitrogen and oxygen atoms in total. The maximum absolute atomic E-state index is 12.1. The van der Waals surface area contributed by atoms with Gasteiger partial charge in [0.2, 0.25) is 0 Å². The van der Waals surface area contributed by atoms with Gasteiger partial charge >= 0.3 is 22.3 Å². The van der Waals surface area contributed by atoms with Crippen LogP contribution >= 0.6 is 0 Å². The zero-order chi connectivity index (χ0) is 24.9. The summed E-state index contributed by atoms with van der Waals surface area (Å²) in [7, 11) is -4.63. The maximum atomic E-state index is 12.1. The molecule has 0 saturated carbocycles. The Hall–Kier alpha value is -4.37. The number of likely N-dealkylation sites (tertiary alicyclic amines) is 1. The molecule has 0 aliphatic carbocycles. The zero-order valence-corrected chi connectivity index (χ0v) is 18.0. The monoisotopic (exact) mass is 493 g/mol. The van der Waals surface area contributed by atoms with E-state index in [4.69, 9.17) is 4.74 Å². The summed E-state index contributed by atoms with van der Waals surface area (Å²) in [6.07, 6.45) is -0.889. The molecule has 180 valence electrons. The third-order valence-electron chi connectivity index (χ3n) is 4.44. The largest absolute Gasteiger partial charge is 0.504 e. The molecule has 3 rings (SSSR count). The van der Waals surface area contributed by atoms with Crippen LogP contribution in [-0.2, 0) is 26.3 Å². The predicted molar refractivity (Wildman–Crippen MR) is 113 cm³/mol. The predicted octanol–water partition coefficient (Wildman–Crippen LogP) is -0.576. The van der Waals surface area contributed by atoms with Crippen molar-refractivity contribution >= 4 is 34.1 Å². The molecule has 1 aliphatic rings. The number of alkyl carbamates (subject to hydrolysis) is 1. The van der Waals surface area contributed by atoms with Crippen molar-refractivity contribution in [3.8, 4) is 11.5 Å². The van der Waals surface area contributed by atoms with Gasteiger partial charge in [0.05, 0.1) is 6.54 Å². The number of rotatable bonds is 7. The molecular weight excluding hydrogens is 474 g/mol. The van der Waals surface area contributed by atoms with Crippen LogP contribution in [0.25, 0.3) is 0 Å². The van der Waals surface area contributed by atoms with E-state index in [1.807, 2.05) is 0 Å². The molecule has 1 heterocycles. The van der Waals surface area contributed by atoms with E-state index in [1.54, 1.807) is 40.6 Å². The number of phenolic OH excluding ortho intramolecular Hbond substituents is 2. The lowest BCUT2D eigenvalue weighted by atomic mass is 10.1. The van der Waals surface area contributed by atoms with Crippen LogP contribution in [0, 0.1) is 0 Å². The first-order valence-corrected chi connectivity index (χ1v) is 11.0. The molecule has 0 spiro atoms. The average Bonchev–Trinajstić information content (AvgIpc) is 2.80. The Morgan fingerprint density at radius 3 is 2.41 bits per heavy atom. The van der Waals surface area contributed by atoms with E-state index in [0.717, 1.165) is 23.8 Å². The van der Waals surface area contributed by atoms with Crippen molar-refractivity contribution in [2.45, 2.75) is 12.6 Å². The molecule has 1 aliphatic heterocycles. The van der Waals surface area contributed by atoms with Crippen LogP contribution in [0.2, 0.25) is 0 Å². The standard InChI is InChI=1S/C19H19N5O9S/c25-14-7-6-12(8-15(14)26)16(27)21-23-34(31,32)22-18(29)24-9-13(17(24)28)20-19(30)33-10-11-4-2-1-3-5-11/h1-8,13,23,25-26H,9-10H2,(H,20,30)(H,21,27)(H,22,29)/t13-/m0/s1. The van der Waals surface area contributed by atoms with Gasteiger partial charge in [-0.05, 0) is 23.8 Å². The fraction of sp³-hybridized carbons (Fsp3) is 0.158. The Morgan fingerprint density at radius 2 is 1.76 bits per heavy atom. The third kappa shape index (κ3) is 6.11. The summed E-state index contributed by atoms with van der Waals surface area (Å²) >= 11 is 0. The number of imide groups is 1. The minimum atomic E-state index is -4.63. The summed E-state index contributed by atoms with van der Waals surface area (Å²) in [5.41, 5.74) is 2.31. The molecule has 0 aromatic heterocycles. The van der Waals surface area contributed by atoms with E-state index < -0.39 is 51.7 Å². The van der Waals surface area contributed by atoms with Crippen LogP contribution in [0.1, 0.15) is 15.9 Å². The van der Waals surface area contributed by atoms with Crippen LogP contribution in [0.15, 0.2) is 48.5 Å². The number of amides is 5. The number of urea groups is 1. The van der Waals surface area contributed by atoms with Crippen molar-refractivity contribution in [2.24, 2.45) is 0 Å². The lowest BCUT2D eigenvalue weighted by Gasteiger charge is -2.36. The van der Waals surface area contributed by atoms with Gasteiger partial charge in [-0.3, -0.25) is 19.9 Å². The zero-order valence-electron chi connectivity index (χ0n) is 17.2. The number of carbonyl (C=O) groups is 4. The average molecular weight is 493 g/mol. The highest BCUT2D eigenvalue weighted by Crippen LogP contribution is 2.24. The van der Waals surface area contributed by atoms with Crippen LogP contribution in [-0.4, -0.2) is 60.1 Å². The fourth-order valence-corrected chi connectivity index (χ4v) is 3.29. The van der Waals surface area contributed by atoms with Gasteiger partial charge in [0.15, 0.2) is 11.5 Å². The minimum absolute atomic E-state index is 0.0306. The number of nitrogens with one attached hydrogen (secondary N) is 4. The number of nitrogens with zero attached hydrogens (tertiary/aromatic N) is 1. The maximum Gasteiger partial charge on any atom is 0.408 e. The van der Waals surface area contributed by atoms with Crippen molar-refractivity contribution in [2.75, 3.05) is 6.54 Å². The molecule has 5 amide bonds. The van der Waals surface area contributed by atoms with Crippen molar-refractivity contribution in [1.29, 1.82) is 0 Å². The van der Waals surface area contributed by atoms with Gasteiger partial charge in [-0.2, -0.15) is 8.42 Å². The van der Waals surface area contributed by atoms with Gasteiger partial charge in [0.25, 0.3) is 11.8 Å². The van der Waals surface area contributed by atoms with Gasteiger partial charge in [0, 0.05) is 5.56 Å². The molecule has 0 radical (unpaired) electrons. The number of hydrogen-bond donors (Lipinski definition) is 6. The number of hydrazine groups is 1. The molecule has 1 saturated heterocycles. The quantitative estimate of drug-likeness (QED) is 0.166. The number of β-lactam (4-membered cyclic amide) rings is 1. The number of benzene rings is 2. The summed E-state index contributed by atoms with van der Waals surface area (Å²) in [4.78, 5) is 50.0. The van der Waals surface area contributed by atoms with Crippen molar-refractivity contribution in [1.82, 2.24) is 25.2 Å². The van der Waals surface area contributed by atoms with E-state index in [0.29, 0.717) is 4.90 Å². The molecule has 2 aromatic rings. The molecule has 34 heavy (non-hydrogen) atoms. The van der Waals surface area contributed by atoms with Gasteiger partial charge in [-0.1, -0.05) is 30.3 Å². The summed E-state index contributed by atoms with van der Waals surface area (Å²) in [5.74, 6) is -2.97. The number of phenols is 2. The first kappa shape index (κ1) is 24.3. The SMILES string of the molecule is O=C(N[C@H]1CN(C(=O)NS(=O)(=O)NNC(=O)c2ccc(O)c(O)c2)C1=O)OCc1ccccc1. The highest BCUT2D eigenvalue weighted by Gasteiger charge is 2.43.